The first kappa shape index (κ1) is 36.8. The van der Waals surface area contributed by atoms with Gasteiger partial charge in [0.1, 0.15) is 0 Å². The van der Waals surface area contributed by atoms with Crippen LogP contribution >= 0.6 is 24.4 Å². The normalized spacial score (nSPS) is 8.17. The van der Waals surface area contributed by atoms with Gasteiger partial charge in [-0.1, -0.05) is 24.4 Å². The number of thiocarbonyl (C=S) groups is 2. The number of hydrogen-bond acceptors (Lipinski definition) is 8. The molecule has 4 heterocycles. The zero-order chi connectivity index (χ0) is 26.2. The molecule has 0 aromatic carbocycles. The summed E-state index contributed by atoms with van der Waals surface area (Å²) in [4.78, 5) is 27.8. The van der Waals surface area contributed by atoms with E-state index in [-0.39, 0.29) is 16.8 Å². The van der Waals surface area contributed by atoms with Crippen LogP contribution in [0.1, 0.15) is 0 Å². The second kappa shape index (κ2) is 25.9. The predicted molar refractivity (Wildman–Crippen MR) is 144 cm³/mol. The van der Waals surface area contributed by atoms with Crippen LogP contribution in [0.2, 0.25) is 0 Å². The second-order valence-electron chi connectivity index (χ2n) is 5.42. The quantitative estimate of drug-likeness (QED) is 0.199. The smallest absolute Gasteiger partial charge is 0.753 e. The van der Waals surface area contributed by atoms with Crippen molar-refractivity contribution in [1.82, 2.24) is 39.9 Å². The molecule has 1 radical (unpaired) electrons. The van der Waals surface area contributed by atoms with E-state index in [1.165, 1.54) is 10.3 Å². The van der Waals surface area contributed by atoms with Crippen LogP contribution in [0.15, 0.2) is 49.6 Å². The second-order valence-corrected chi connectivity index (χ2v) is 8.75. The van der Waals surface area contributed by atoms with Gasteiger partial charge in [-0.2, -0.15) is 10.3 Å². The summed E-state index contributed by atoms with van der Waals surface area (Å²) < 4.78 is 19.1. The molecule has 4 aromatic heterocycles. The van der Waals surface area contributed by atoms with E-state index in [0.29, 0.717) is 0 Å². The first-order valence-electron chi connectivity index (χ1n) is 8.74. The monoisotopic (exact) mass is 599 g/mol. The molecule has 0 saturated carbocycles. The number of hydrogen-bond donors (Lipinski definition) is 4. The molecule has 0 unspecified atom stereocenters. The van der Waals surface area contributed by atoms with Gasteiger partial charge in [-0.05, 0) is 0 Å². The van der Waals surface area contributed by atoms with Crippen LogP contribution in [0.3, 0.4) is 0 Å². The van der Waals surface area contributed by atoms with Crippen LogP contribution in [-0.4, -0.2) is 83.6 Å². The van der Waals surface area contributed by atoms with E-state index < -0.39 is 21.6 Å². The van der Waals surface area contributed by atoms with Crippen molar-refractivity contribution in [3.8, 4) is 23.3 Å². The SMILES string of the molecule is CS(C)=O.CS(C)=O.[Co+2].[N-]=C=S.[N-]=C=S.c1c[nH]c(-c2ncc[nH]2)n1.c1c[nH]c(-c2ncc[nH]2)n1. The van der Waals surface area contributed by atoms with Crippen LogP contribution in [0.25, 0.3) is 34.1 Å². The molecule has 0 aliphatic rings. The fourth-order valence-electron chi connectivity index (χ4n) is 1.58. The minimum absolute atomic E-state index is 0. The topological polar surface area (TPSA) is 193 Å². The van der Waals surface area contributed by atoms with Gasteiger partial charge in [-0.25, -0.2) is 19.9 Å². The van der Waals surface area contributed by atoms with Crippen LogP contribution in [0, 0.1) is 0 Å². The average Bonchev–Trinajstić information content (AvgIpc) is 3.59. The first-order chi connectivity index (χ1) is 16.2. The molecule has 191 valence electrons. The fraction of sp³-hybridized carbons (Fsp3) is 0.222. The summed E-state index contributed by atoms with van der Waals surface area (Å²) in [5, 5.41) is 16.9. The summed E-state index contributed by atoms with van der Waals surface area (Å²) in [6.45, 7) is 0. The predicted octanol–water partition coefficient (Wildman–Crippen LogP) is 2.90. The van der Waals surface area contributed by atoms with Crippen molar-refractivity contribution in [3.05, 3.63) is 60.4 Å². The Labute approximate surface area is 229 Å². The minimum Gasteiger partial charge on any atom is -0.753 e. The number of rotatable bonds is 2. The summed E-state index contributed by atoms with van der Waals surface area (Å²) in [5.74, 6) is 3.07. The van der Waals surface area contributed by atoms with Gasteiger partial charge < -0.3 is 30.8 Å². The Hall–Kier alpha value is -2.75. The number of aromatic amines is 4. The molecule has 0 amide bonds. The zero-order valence-electron chi connectivity index (χ0n) is 19.1. The number of isothiocyanates is 2. The molecule has 12 nitrogen and oxygen atoms in total. The van der Waals surface area contributed by atoms with Crippen molar-refractivity contribution in [2.45, 2.75) is 0 Å². The number of aromatic nitrogens is 8. The number of H-pyrrole nitrogens is 4. The molecule has 35 heavy (non-hydrogen) atoms. The van der Waals surface area contributed by atoms with Crippen molar-refractivity contribution in [3.63, 3.8) is 0 Å². The largest absolute Gasteiger partial charge is 2.00 e. The third-order valence-corrected chi connectivity index (χ3v) is 2.44. The van der Waals surface area contributed by atoms with E-state index in [9.17, 15) is 8.42 Å². The third-order valence-electron chi connectivity index (χ3n) is 2.44. The molecule has 4 aromatic rings. The minimum atomic E-state index is -0.611. The van der Waals surface area contributed by atoms with Crippen LogP contribution < -0.4 is 0 Å². The molecular weight excluding hydrogens is 575 g/mol. The summed E-state index contributed by atoms with van der Waals surface area (Å²) in [7, 11) is -1.22. The van der Waals surface area contributed by atoms with E-state index in [1.54, 1.807) is 74.6 Å². The summed E-state index contributed by atoms with van der Waals surface area (Å²) >= 11 is 7.40. The van der Waals surface area contributed by atoms with Gasteiger partial charge in [0.25, 0.3) is 0 Å². The molecule has 4 rings (SSSR count). The van der Waals surface area contributed by atoms with E-state index >= 15 is 0 Å². The Morgan fingerprint density at radius 2 is 0.771 bits per heavy atom. The first-order valence-corrected chi connectivity index (χ1v) is 13.5. The van der Waals surface area contributed by atoms with Crippen molar-refractivity contribution < 1.29 is 25.2 Å². The maximum atomic E-state index is 9.56. The maximum absolute atomic E-state index is 9.56. The van der Waals surface area contributed by atoms with Crippen LogP contribution in [0.4, 0.5) is 0 Å². The molecule has 0 spiro atoms. The van der Waals surface area contributed by atoms with Crippen molar-refractivity contribution in [2.24, 2.45) is 0 Å². The van der Waals surface area contributed by atoms with E-state index in [2.05, 4.69) is 64.3 Å². The molecular formula is C18H24CoN10O2S4. The molecule has 0 fully saturated rings. The van der Waals surface area contributed by atoms with E-state index in [1.807, 2.05) is 0 Å². The Morgan fingerprint density at radius 1 is 0.629 bits per heavy atom. The molecule has 0 atom stereocenters. The number of imidazole rings is 4. The maximum Gasteiger partial charge on any atom is 2.00 e. The van der Waals surface area contributed by atoms with E-state index in [4.69, 9.17) is 10.8 Å². The van der Waals surface area contributed by atoms with Gasteiger partial charge in [-0.3, -0.25) is 8.42 Å². The van der Waals surface area contributed by atoms with Gasteiger partial charge in [0.05, 0.1) is 0 Å². The van der Waals surface area contributed by atoms with Crippen molar-refractivity contribution in [1.29, 1.82) is 0 Å². The van der Waals surface area contributed by atoms with Crippen molar-refractivity contribution >= 4 is 56.4 Å². The molecule has 0 aliphatic heterocycles. The zero-order valence-corrected chi connectivity index (χ0v) is 23.4. The Morgan fingerprint density at radius 3 is 0.857 bits per heavy atom. The fourth-order valence-corrected chi connectivity index (χ4v) is 1.58. The summed E-state index contributed by atoms with van der Waals surface area (Å²) in [5.41, 5.74) is 0. The van der Waals surface area contributed by atoms with Crippen LogP contribution in [-0.2, 0) is 38.4 Å². The Kier molecular flexibility index (Phi) is 27.2. The third kappa shape index (κ3) is 24.2. The Bertz CT molecular complexity index is 914. The summed E-state index contributed by atoms with van der Waals surface area (Å²) in [6.07, 6.45) is 20.4. The molecule has 0 bridgehead atoms. The van der Waals surface area contributed by atoms with Gasteiger partial charge in [0, 0.05) is 96.2 Å². The molecule has 0 saturated heterocycles. The number of nitrogens with zero attached hydrogens (tertiary/aromatic N) is 6. The Balaban J connectivity index is -0.000000384. The van der Waals surface area contributed by atoms with Crippen molar-refractivity contribution in [2.75, 3.05) is 25.0 Å². The van der Waals surface area contributed by atoms with Gasteiger partial charge in [0.2, 0.25) is 0 Å². The standard InChI is InChI=1S/2C6H6N4.2C2H6OS.2CNS.Co/c2*1-2-8-5(7-1)6-9-3-4-10-6;2*1-4(2)3;2*2-1-3;/h2*1-4H,(H,7,8)(H,9,10);2*1-2H3;;;/q;;;;2*-1;+2. The average molecular weight is 600 g/mol. The molecule has 4 N–H and O–H groups in total. The van der Waals surface area contributed by atoms with Gasteiger partial charge >= 0.3 is 16.8 Å². The van der Waals surface area contributed by atoms with Gasteiger partial charge in [-0.15, -0.1) is 0 Å². The van der Waals surface area contributed by atoms with E-state index in [0.717, 1.165) is 23.3 Å². The molecule has 0 aliphatic carbocycles. The molecule has 17 heteroatoms. The van der Waals surface area contributed by atoms with Gasteiger partial charge in [0.15, 0.2) is 23.3 Å². The van der Waals surface area contributed by atoms with Crippen LogP contribution in [0.5, 0.6) is 0 Å². The summed E-state index contributed by atoms with van der Waals surface area (Å²) in [6, 6.07) is 0. The number of nitrogens with one attached hydrogen (secondary N) is 4.